The molecule has 0 amide bonds. The second-order valence-corrected chi connectivity index (χ2v) is 13.0. The molecule has 0 spiro atoms. The summed E-state index contributed by atoms with van der Waals surface area (Å²) in [6, 6.07) is 0. The molecule has 0 aromatic carbocycles. The molecule has 0 saturated heterocycles. The summed E-state index contributed by atoms with van der Waals surface area (Å²) in [4.78, 5) is 13.3. The van der Waals surface area contributed by atoms with Crippen molar-refractivity contribution in [2.45, 2.75) is 115 Å². The summed E-state index contributed by atoms with van der Waals surface area (Å²) in [6.07, 6.45) is -2.52. The number of hydrogen-bond donors (Lipinski definition) is 7. The van der Waals surface area contributed by atoms with Crippen LogP contribution in [0.5, 0.6) is 0 Å². The van der Waals surface area contributed by atoms with Crippen LogP contribution in [0.15, 0.2) is 11.6 Å². The van der Waals surface area contributed by atoms with Gasteiger partial charge < -0.3 is 35.7 Å². The van der Waals surface area contributed by atoms with Gasteiger partial charge in [-0.25, -0.2) is 0 Å². The Morgan fingerprint density at radius 2 is 1.71 bits per heavy atom. The monoisotopic (exact) mass is 496 g/mol. The molecule has 4 rings (SSSR count). The van der Waals surface area contributed by atoms with Gasteiger partial charge in [0.25, 0.3) is 0 Å². The first-order chi connectivity index (χ1) is 16.0. The SMILES string of the molecule is CC(C)C(O)CC(O)[C@](C)(O)[C@H]1CC[C@@]2(O)C3=CC(=O)[C@@H]4CC(O)C(O)C[C@]4(C)[C@H]3C(O)C[C@]12C. The normalized spacial score (nSPS) is 48.9. The average Bonchev–Trinajstić information content (AvgIpc) is 3.01. The Labute approximate surface area is 207 Å². The molecule has 3 fully saturated rings. The minimum absolute atomic E-state index is 0.0119. The van der Waals surface area contributed by atoms with Crippen molar-refractivity contribution < 1.29 is 40.5 Å². The van der Waals surface area contributed by atoms with Crippen LogP contribution in [0, 0.1) is 34.5 Å². The maximum atomic E-state index is 13.3. The van der Waals surface area contributed by atoms with Crippen molar-refractivity contribution in [3.05, 3.63) is 11.6 Å². The quantitative estimate of drug-likeness (QED) is 0.293. The first kappa shape index (κ1) is 27.2. The highest BCUT2D eigenvalue weighted by atomic mass is 16.3. The lowest BCUT2D eigenvalue weighted by Gasteiger charge is -2.62. The van der Waals surface area contributed by atoms with Crippen molar-refractivity contribution in [1.29, 1.82) is 0 Å². The Hall–Kier alpha value is -0.870. The molecule has 8 heteroatoms. The molecule has 3 saturated carbocycles. The van der Waals surface area contributed by atoms with Crippen molar-refractivity contribution in [2.24, 2.45) is 34.5 Å². The van der Waals surface area contributed by atoms with E-state index in [1.54, 1.807) is 0 Å². The number of carbonyl (C=O) groups is 1. The fraction of sp³-hybridized carbons (Fsp3) is 0.889. The lowest BCUT2D eigenvalue weighted by Crippen LogP contribution is -2.66. The Morgan fingerprint density at radius 3 is 2.31 bits per heavy atom. The predicted octanol–water partition coefficient (Wildman–Crippen LogP) is 0.681. The topological polar surface area (TPSA) is 159 Å². The van der Waals surface area contributed by atoms with Crippen LogP contribution in [0.1, 0.15) is 73.1 Å². The van der Waals surface area contributed by atoms with Crippen molar-refractivity contribution in [3.8, 4) is 0 Å². The first-order valence-corrected chi connectivity index (χ1v) is 13.1. The fourth-order valence-electron chi connectivity index (χ4n) is 8.40. The van der Waals surface area contributed by atoms with Gasteiger partial charge in [-0.1, -0.05) is 27.7 Å². The van der Waals surface area contributed by atoms with Crippen molar-refractivity contribution in [1.82, 2.24) is 0 Å². The van der Waals surface area contributed by atoms with E-state index in [4.69, 9.17) is 0 Å². The van der Waals surface area contributed by atoms with E-state index < -0.39 is 70.3 Å². The van der Waals surface area contributed by atoms with Gasteiger partial charge in [-0.15, -0.1) is 0 Å². The first-order valence-electron chi connectivity index (χ1n) is 13.1. The number of rotatable bonds is 5. The summed E-state index contributed by atoms with van der Waals surface area (Å²) in [5.41, 5.74) is -4.53. The van der Waals surface area contributed by atoms with E-state index in [0.29, 0.717) is 12.0 Å². The molecular formula is C27H44O8. The summed E-state index contributed by atoms with van der Waals surface area (Å²) in [5.74, 6) is -2.03. The fourth-order valence-corrected chi connectivity index (χ4v) is 8.40. The van der Waals surface area contributed by atoms with Crippen LogP contribution < -0.4 is 0 Å². The van der Waals surface area contributed by atoms with E-state index in [9.17, 15) is 40.5 Å². The predicted molar refractivity (Wildman–Crippen MR) is 128 cm³/mol. The largest absolute Gasteiger partial charge is 0.393 e. The number of carbonyl (C=O) groups excluding carboxylic acids is 1. The molecule has 200 valence electrons. The number of allylic oxidation sites excluding steroid dienone is 1. The summed E-state index contributed by atoms with van der Waals surface area (Å²) < 4.78 is 0. The zero-order valence-corrected chi connectivity index (χ0v) is 21.6. The van der Waals surface area contributed by atoms with Crippen LogP contribution in [0.3, 0.4) is 0 Å². The third-order valence-corrected chi connectivity index (χ3v) is 10.7. The molecule has 0 heterocycles. The van der Waals surface area contributed by atoms with E-state index >= 15 is 0 Å². The van der Waals surface area contributed by atoms with Gasteiger partial charge in [-0.3, -0.25) is 4.79 Å². The van der Waals surface area contributed by atoms with Crippen LogP contribution in [-0.4, -0.2) is 83.3 Å². The molecule has 7 N–H and O–H groups in total. The molecule has 8 nitrogen and oxygen atoms in total. The number of fused-ring (bicyclic) bond motifs is 5. The highest BCUT2D eigenvalue weighted by Crippen LogP contribution is 2.68. The molecule has 4 aliphatic rings. The number of aliphatic hydroxyl groups excluding tert-OH is 5. The molecule has 0 radical (unpaired) electrons. The smallest absolute Gasteiger partial charge is 0.159 e. The Kier molecular flexibility index (Phi) is 6.66. The van der Waals surface area contributed by atoms with Crippen LogP contribution >= 0.6 is 0 Å². The van der Waals surface area contributed by atoms with Gasteiger partial charge in [0, 0.05) is 23.7 Å². The average molecular weight is 497 g/mol. The highest BCUT2D eigenvalue weighted by Gasteiger charge is 2.71. The zero-order valence-electron chi connectivity index (χ0n) is 21.6. The lowest BCUT2D eigenvalue weighted by atomic mass is 9.44. The molecule has 0 aromatic heterocycles. The molecule has 0 bridgehead atoms. The van der Waals surface area contributed by atoms with Gasteiger partial charge in [0.15, 0.2) is 5.78 Å². The second kappa shape index (κ2) is 8.58. The van der Waals surface area contributed by atoms with Crippen molar-refractivity contribution in [3.63, 3.8) is 0 Å². The molecule has 0 aliphatic heterocycles. The van der Waals surface area contributed by atoms with E-state index in [1.807, 2.05) is 27.7 Å². The summed E-state index contributed by atoms with van der Waals surface area (Å²) in [7, 11) is 0. The minimum Gasteiger partial charge on any atom is -0.393 e. The Balaban J connectivity index is 1.72. The van der Waals surface area contributed by atoms with Crippen LogP contribution in [0.25, 0.3) is 0 Å². The van der Waals surface area contributed by atoms with E-state index in [-0.39, 0.29) is 43.8 Å². The highest BCUT2D eigenvalue weighted by molar-refractivity contribution is 5.95. The van der Waals surface area contributed by atoms with E-state index in [1.165, 1.54) is 13.0 Å². The number of ketones is 1. The third-order valence-electron chi connectivity index (χ3n) is 10.7. The third kappa shape index (κ3) is 3.78. The molecule has 5 unspecified atom stereocenters. The molecule has 12 atom stereocenters. The molecule has 35 heavy (non-hydrogen) atoms. The van der Waals surface area contributed by atoms with Crippen LogP contribution in [0.2, 0.25) is 0 Å². The van der Waals surface area contributed by atoms with Crippen LogP contribution in [-0.2, 0) is 4.79 Å². The van der Waals surface area contributed by atoms with Crippen LogP contribution in [0.4, 0.5) is 0 Å². The van der Waals surface area contributed by atoms with Crippen molar-refractivity contribution >= 4 is 5.78 Å². The van der Waals surface area contributed by atoms with Crippen molar-refractivity contribution in [2.75, 3.05) is 0 Å². The molecular weight excluding hydrogens is 452 g/mol. The maximum absolute atomic E-state index is 13.3. The lowest BCUT2D eigenvalue weighted by molar-refractivity contribution is -0.198. The van der Waals surface area contributed by atoms with E-state index in [2.05, 4.69) is 0 Å². The summed E-state index contributed by atoms with van der Waals surface area (Å²) in [5, 5.41) is 77.3. The van der Waals surface area contributed by atoms with Gasteiger partial charge >= 0.3 is 0 Å². The zero-order chi connectivity index (χ0) is 26.3. The Bertz CT molecular complexity index is 884. The maximum Gasteiger partial charge on any atom is 0.159 e. The number of hydrogen-bond acceptors (Lipinski definition) is 8. The van der Waals surface area contributed by atoms with Gasteiger partial charge in [-0.2, -0.15) is 0 Å². The standard InChI is InChI=1S/C27H44O8/c1-13(2)16(28)10-22(33)26(5,34)21-6-7-27(35)15-9-17(29)14-8-18(30)19(31)11-24(14,3)23(15)20(32)12-25(21,27)4/h9,13-14,16,18-23,28,30-35H,6-8,10-12H2,1-5H3/t14-,16?,18?,19?,20?,21-,22?,23+,24-,25+,26+,27+/m0/s1. The molecule has 0 aromatic rings. The van der Waals surface area contributed by atoms with Gasteiger partial charge in [0.05, 0.1) is 41.7 Å². The summed E-state index contributed by atoms with van der Waals surface area (Å²) in [6.45, 7) is 8.87. The second-order valence-electron chi connectivity index (χ2n) is 13.0. The van der Waals surface area contributed by atoms with E-state index in [0.717, 1.165) is 0 Å². The minimum atomic E-state index is -1.64. The van der Waals surface area contributed by atoms with Gasteiger partial charge in [0.1, 0.15) is 0 Å². The van der Waals surface area contributed by atoms with Gasteiger partial charge in [0.2, 0.25) is 0 Å². The Morgan fingerprint density at radius 1 is 1.09 bits per heavy atom. The summed E-state index contributed by atoms with van der Waals surface area (Å²) >= 11 is 0. The molecule has 4 aliphatic carbocycles. The van der Waals surface area contributed by atoms with Gasteiger partial charge in [-0.05, 0) is 67.9 Å². The number of aliphatic hydroxyl groups is 7.